The number of rotatable bonds is 9. The van der Waals surface area contributed by atoms with Crippen molar-refractivity contribution in [2.45, 2.75) is 27.2 Å². The summed E-state index contributed by atoms with van der Waals surface area (Å²) >= 11 is 24.9. The Labute approximate surface area is 297 Å². The van der Waals surface area contributed by atoms with Crippen molar-refractivity contribution in [3.8, 4) is 22.8 Å². The molecule has 0 spiro atoms. The van der Waals surface area contributed by atoms with Crippen molar-refractivity contribution >= 4 is 91.7 Å². The second-order valence-electron chi connectivity index (χ2n) is 11.2. The molecular weight excluding hydrogens is 694 g/mol. The third-order valence-corrected chi connectivity index (χ3v) is 8.22. The number of amides is 2. The van der Waals surface area contributed by atoms with Gasteiger partial charge in [-0.25, -0.2) is 9.97 Å². The molecule has 0 aliphatic carbocycles. The minimum Gasteiger partial charge on any atom is -0.372 e. The van der Waals surface area contributed by atoms with E-state index in [0.29, 0.717) is 67.5 Å². The van der Waals surface area contributed by atoms with Gasteiger partial charge in [0.15, 0.2) is 0 Å². The average Bonchev–Trinajstić information content (AvgIpc) is 3.63. The van der Waals surface area contributed by atoms with E-state index in [4.69, 9.17) is 51.1 Å². The molecule has 4 N–H and O–H groups in total. The number of halogens is 4. The second kappa shape index (κ2) is 15.9. The number of fused-ring (bicyclic) bond motifs is 2. The van der Waals surface area contributed by atoms with Crippen molar-refractivity contribution in [1.29, 1.82) is 0 Å². The van der Waals surface area contributed by atoms with Crippen molar-refractivity contribution in [3.05, 3.63) is 92.9 Å². The molecule has 6 aromatic rings. The fourth-order valence-corrected chi connectivity index (χ4v) is 5.99. The van der Waals surface area contributed by atoms with Crippen LogP contribution in [0.1, 0.15) is 27.2 Å². The molecule has 0 radical (unpaired) electrons. The molecule has 9 nitrogen and oxygen atoms in total. The molecule has 4 aromatic carbocycles. The van der Waals surface area contributed by atoms with E-state index in [0.717, 1.165) is 27.8 Å². The van der Waals surface area contributed by atoms with Gasteiger partial charge in [-0.1, -0.05) is 72.4 Å². The molecule has 2 heterocycles. The first kappa shape index (κ1) is 35.2. The summed E-state index contributed by atoms with van der Waals surface area (Å²) in [6.45, 7) is 6.38. The van der Waals surface area contributed by atoms with Gasteiger partial charge in [0.1, 0.15) is 18.3 Å². The quantitative estimate of drug-likeness (QED) is 0.118. The van der Waals surface area contributed by atoms with Crippen LogP contribution in [-0.2, 0) is 14.3 Å². The minimum atomic E-state index is -0.204. The molecule has 0 unspecified atom stereocenters. The number of nitrogens with one attached hydrogen (secondary N) is 4. The van der Waals surface area contributed by atoms with Crippen LogP contribution in [0, 0.1) is 5.92 Å². The number of imidazole rings is 2. The average molecular weight is 726 g/mol. The van der Waals surface area contributed by atoms with Gasteiger partial charge in [-0.05, 0) is 73.5 Å². The smallest absolute Gasteiger partial charge is 0.250 e. The lowest BCUT2D eigenvalue weighted by molar-refractivity contribution is -0.120. The zero-order valence-electron chi connectivity index (χ0n) is 26.3. The van der Waals surface area contributed by atoms with Gasteiger partial charge < -0.3 is 25.3 Å². The van der Waals surface area contributed by atoms with E-state index < -0.39 is 0 Å². The van der Waals surface area contributed by atoms with Gasteiger partial charge in [-0.3, -0.25) is 9.59 Å². The van der Waals surface area contributed by atoms with Gasteiger partial charge in [0, 0.05) is 24.4 Å². The number of hydrogen-bond acceptors (Lipinski definition) is 5. The highest BCUT2D eigenvalue weighted by Crippen LogP contribution is 2.35. The fourth-order valence-electron chi connectivity index (χ4n) is 4.83. The number of carbonyl (C=O) groups is 2. The molecule has 248 valence electrons. The van der Waals surface area contributed by atoms with Crippen molar-refractivity contribution in [1.82, 2.24) is 19.9 Å². The Morgan fingerprint density at radius 2 is 1.15 bits per heavy atom. The topological polar surface area (TPSA) is 125 Å². The molecule has 2 aromatic heterocycles. The Hall–Kier alpha value is -4.12. The first-order valence-electron chi connectivity index (χ1n) is 15.1. The molecule has 0 saturated heterocycles. The highest BCUT2D eigenvalue weighted by atomic mass is 35.5. The lowest BCUT2D eigenvalue weighted by Gasteiger charge is -2.06. The standard InChI is InChI=1S/C18H17Cl2N3O.C17H15Cl2N3O2/c1-10(2)8-16(24)21-11-6-7-14-15(9-11)23-18(22-14)17-12(19)4-3-5-13(17)20;1-2-24-9-15(23)20-10-6-7-13-14(8-10)22-17(21-13)16-11(18)4-3-5-12(16)19/h3-7,9-10H,8H2,1-2H3,(H,21,24)(H,22,23);3-8H,2,9H2,1H3,(H,20,23)(H,21,22). The number of H-pyrrole nitrogens is 2. The van der Waals surface area contributed by atoms with E-state index in [1.807, 2.05) is 45.0 Å². The number of hydrogen-bond donors (Lipinski definition) is 4. The summed E-state index contributed by atoms with van der Waals surface area (Å²) in [6, 6.07) is 21.6. The van der Waals surface area contributed by atoms with Crippen LogP contribution in [0.3, 0.4) is 0 Å². The Morgan fingerprint density at radius 1 is 0.708 bits per heavy atom. The molecule has 48 heavy (non-hydrogen) atoms. The molecule has 0 saturated carbocycles. The van der Waals surface area contributed by atoms with Crippen LogP contribution in [-0.4, -0.2) is 45.0 Å². The van der Waals surface area contributed by atoms with Crippen LogP contribution < -0.4 is 10.6 Å². The fraction of sp³-hybridized carbons (Fsp3) is 0.200. The Morgan fingerprint density at radius 3 is 1.56 bits per heavy atom. The summed E-state index contributed by atoms with van der Waals surface area (Å²) in [5, 5.41) is 7.78. The second-order valence-corrected chi connectivity index (χ2v) is 12.8. The molecule has 0 bridgehead atoms. The van der Waals surface area contributed by atoms with E-state index in [9.17, 15) is 9.59 Å². The molecule has 0 fully saturated rings. The maximum Gasteiger partial charge on any atom is 0.250 e. The van der Waals surface area contributed by atoms with E-state index in [2.05, 4.69) is 30.6 Å². The van der Waals surface area contributed by atoms with E-state index >= 15 is 0 Å². The van der Waals surface area contributed by atoms with Gasteiger partial charge in [-0.15, -0.1) is 0 Å². The van der Waals surface area contributed by atoms with Crippen molar-refractivity contribution in [2.24, 2.45) is 5.92 Å². The van der Waals surface area contributed by atoms with Gasteiger partial charge in [-0.2, -0.15) is 0 Å². The largest absolute Gasteiger partial charge is 0.372 e. The zero-order chi connectivity index (χ0) is 34.4. The van der Waals surface area contributed by atoms with E-state index in [-0.39, 0.29) is 18.4 Å². The van der Waals surface area contributed by atoms with Crippen molar-refractivity contribution in [3.63, 3.8) is 0 Å². The Kier molecular flexibility index (Phi) is 11.6. The van der Waals surface area contributed by atoms with Crippen LogP contribution in [0.2, 0.25) is 20.1 Å². The number of nitrogens with zero attached hydrogens (tertiary/aromatic N) is 2. The van der Waals surface area contributed by atoms with Gasteiger partial charge in [0.25, 0.3) is 0 Å². The monoisotopic (exact) mass is 724 g/mol. The van der Waals surface area contributed by atoms with E-state index in [1.54, 1.807) is 48.5 Å². The van der Waals surface area contributed by atoms with Crippen LogP contribution in [0.5, 0.6) is 0 Å². The number of benzene rings is 4. The van der Waals surface area contributed by atoms with Gasteiger partial charge in [0.2, 0.25) is 11.8 Å². The van der Waals surface area contributed by atoms with Crippen LogP contribution in [0.4, 0.5) is 11.4 Å². The molecule has 2 amide bonds. The Bertz CT molecular complexity index is 2050. The summed E-state index contributed by atoms with van der Waals surface area (Å²) in [4.78, 5) is 39.1. The summed E-state index contributed by atoms with van der Waals surface area (Å²) < 4.78 is 5.08. The molecular formula is C35H32Cl4N6O3. The maximum absolute atomic E-state index is 11.9. The van der Waals surface area contributed by atoms with Gasteiger partial charge in [0.05, 0.1) is 53.3 Å². The maximum atomic E-state index is 11.9. The minimum absolute atomic E-state index is 0.00163. The van der Waals surface area contributed by atoms with Crippen LogP contribution >= 0.6 is 46.4 Å². The number of aromatic amines is 2. The third-order valence-electron chi connectivity index (χ3n) is 6.96. The zero-order valence-corrected chi connectivity index (χ0v) is 29.3. The lowest BCUT2D eigenvalue weighted by Crippen LogP contribution is -2.18. The molecule has 6 rings (SSSR count). The van der Waals surface area contributed by atoms with Crippen molar-refractivity contribution in [2.75, 3.05) is 23.8 Å². The summed E-state index contributed by atoms with van der Waals surface area (Å²) in [6.07, 6.45) is 0.488. The highest BCUT2D eigenvalue weighted by Gasteiger charge is 2.15. The Balaban J connectivity index is 0.000000188. The molecule has 0 aliphatic heterocycles. The first-order chi connectivity index (χ1) is 23.0. The summed E-state index contributed by atoms with van der Waals surface area (Å²) in [5.74, 6) is 1.29. The van der Waals surface area contributed by atoms with Gasteiger partial charge >= 0.3 is 0 Å². The highest BCUT2D eigenvalue weighted by molar-refractivity contribution is 6.39. The van der Waals surface area contributed by atoms with E-state index in [1.165, 1.54) is 0 Å². The van der Waals surface area contributed by atoms with Crippen LogP contribution in [0.25, 0.3) is 44.8 Å². The normalized spacial score (nSPS) is 11.1. The number of ether oxygens (including phenoxy) is 1. The molecule has 0 atom stereocenters. The van der Waals surface area contributed by atoms with Crippen LogP contribution in [0.15, 0.2) is 72.8 Å². The number of anilines is 2. The molecule has 13 heteroatoms. The SMILES string of the molecule is CC(C)CC(=O)Nc1ccc2nc(-c3c(Cl)cccc3Cl)[nH]c2c1.CCOCC(=O)Nc1ccc2nc(-c3c(Cl)cccc3Cl)[nH]c2c1. The predicted octanol–water partition coefficient (Wildman–Crippen LogP) is 10.0. The first-order valence-corrected chi connectivity index (χ1v) is 16.6. The summed E-state index contributed by atoms with van der Waals surface area (Å²) in [7, 11) is 0. The predicted molar refractivity (Wildman–Crippen MR) is 196 cm³/mol. The number of aromatic nitrogens is 4. The lowest BCUT2D eigenvalue weighted by atomic mass is 10.1. The third kappa shape index (κ3) is 8.66. The molecule has 0 aliphatic rings. The summed E-state index contributed by atoms with van der Waals surface area (Å²) in [5.41, 5.74) is 5.83. The number of carbonyl (C=O) groups excluding carboxylic acids is 2. The van der Waals surface area contributed by atoms with Crippen molar-refractivity contribution < 1.29 is 14.3 Å².